The summed E-state index contributed by atoms with van der Waals surface area (Å²) in [6.07, 6.45) is 1.71. The lowest BCUT2D eigenvalue weighted by Crippen LogP contribution is -2.08. The van der Waals surface area contributed by atoms with Crippen molar-refractivity contribution in [2.75, 3.05) is 13.7 Å². The Hall–Kier alpha value is -1.42. The van der Waals surface area contributed by atoms with Crippen LogP contribution in [0.5, 0.6) is 11.5 Å². The number of benzene rings is 1. The number of hydrogen-bond donors (Lipinski definition) is 1. The highest BCUT2D eigenvalue weighted by atomic mass is 35.5. The van der Waals surface area contributed by atoms with Crippen molar-refractivity contribution in [3.8, 4) is 11.5 Å². The normalized spacial score (nSPS) is 11.0. The highest BCUT2D eigenvalue weighted by Gasteiger charge is 2.13. The lowest BCUT2D eigenvalue weighted by atomic mass is 10.2. The first kappa shape index (κ1) is 14.6. The molecule has 4 nitrogen and oxygen atoms in total. The fourth-order valence-electron chi connectivity index (χ4n) is 1.41. The highest BCUT2D eigenvalue weighted by Crippen LogP contribution is 2.37. The van der Waals surface area contributed by atoms with E-state index in [9.17, 15) is 0 Å². The summed E-state index contributed by atoms with van der Waals surface area (Å²) in [6, 6.07) is 3.65. The lowest BCUT2D eigenvalue weighted by Gasteiger charge is -2.16. The van der Waals surface area contributed by atoms with Crippen molar-refractivity contribution in [1.82, 2.24) is 5.43 Å². The predicted molar refractivity (Wildman–Crippen MR) is 75.0 cm³/mol. The molecule has 0 aliphatic carbocycles. The summed E-state index contributed by atoms with van der Waals surface area (Å²) in [6.45, 7) is 6.36. The van der Waals surface area contributed by atoms with Crippen molar-refractivity contribution < 1.29 is 9.47 Å². The van der Waals surface area contributed by atoms with Crippen LogP contribution in [0.15, 0.2) is 17.2 Å². The van der Waals surface area contributed by atoms with E-state index < -0.39 is 0 Å². The molecule has 0 aromatic heterocycles. The topological polar surface area (TPSA) is 42.8 Å². The molecule has 0 aliphatic heterocycles. The van der Waals surface area contributed by atoms with Crippen LogP contribution >= 0.6 is 11.6 Å². The molecule has 0 heterocycles. The van der Waals surface area contributed by atoms with Crippen molar-refractivity contribution in [2.45, 2.75) is 26.9 Å². The fraction of sp³-hybridized carbons (Fsp3) is 0.462. The zero-order chi connectivity index (χ0) is 13.5. The van der Waals surface area contributed by atoms with Crippen LogP contribution in [0, 0.1) is 0 Å². The van der Waals surface area contributed by atoms with Gasteiger partial charge in [0.1, 0.15) is 0 Å². The zero-order valence-corrected chi connectivity index (χ0v) is 11.9. The third-order valence-corrected chi connectivity index (χ3v) is 2.31. The average molecular weight is 271 g/mol. The Morgan fingerprint density at radius 1 is 1.44 bits per heavy atom. The van der Waals surface area contributed by atoms with Gasteiger partial charge in [-0.15, -0.1) is 0 Å². The number of nitrogens with zero attached hydrogens (tertiary/aromatic N) is 1. The maximum absolute atomic E-state index is 6.21. The van der Waals surface area contributed by atoms with Gasteiger partial charge < -0.3 is 14.9 Å². The number of hydrazone groups is 1. The van der Waals surface area contributed by atoms with Gasteiger partial charge in [0.05, 0.1) is 23.9 Å². The molecule has 0 unspecified atom stereocenters. The number of ether oxygens (including phenoxy) is 2. The minimum Gasteiger partial charge on any atom is -0.490 e. The molecule has 0 radical (unpaired) electrons. The van der Waals surface area contributed by atoms with Crippen LogP contribution in [-0.2, 0) is 0 Å². The van der Waals surface area contributed by atoms with E-state index in [0.29, 0.717) is 23.1 Å². The number of halogens is 1. The van der Waals surface area contributed by atoms with Gasteiger partial charge in [-0.25, -0.2) is 0 Å². The molecule has 0 fully saturated rings. The first-order chi connectivity index (χ1) is 8.58. The third kappa shape index (κ3) is 4.11. The molecule has 0 amide bonds. The monoisotopic (exact) mass is 270 g/mol. The molecule has 0 saturated heterocycles. The van der Waals surface area contributed by atoms with Gasteiger partial charge in [0.2, 0.25) is 0 Å². The second-order valence-electron chi connectivity index (χ2n) is 3.91. The largest absolute Gasteiger partial charge is 0.490 e. The van der Waals surface area contributed by atoms with E-state index in [2.05, 4.69) is 10.5 Å². The zero-order valence-electron chi connectivity index (χ0n) is 11.2. The summed E-state index contributed by atoms with van der Waals surface area (Å²) >= 11 is 6.21. The van der Waals surface area contributed by atoms with Crippen LogP contribution in [0.25, 0.3) is 0 Å². The van der Waals surface area contributed by atoms with Crippen molar-refractivity contribution in [2.24, 2.45) is 5.10 Å². The molecule has 1 aromatic carbocycles. The Labute approximate surface area is 113 Å². The van der Waals surface area contributed by atoms with E-state index in [1.54, 1.807) is 19.3 Å². The maximum Gasteiger partial charge on any atom is 0.180 e. The molecule has 0 atom stereocenters. The minimum absolute atomic E-state index is 0.0403. The van der Waals surface area contributed by atoms with Gasteiger partial charge in [-0.1, -0.05) is 11.6 Å². The van der Waals surface area contributed by atoms with Crippen LogP contribution in [0.2, 0.25) is 5.02 Å². The van der Waals surface area contributed by atoms with Gasteiger partial charge in [-0.3, -0.25) is 0 Å². The second-order valence-corrected chi connectivity index (χ2v) is 4.32. The molecule has 1 aromatic rings. The average Bonchev–Trinajstić information content (AvgIpc) is 2.31. The van der Waals surface area contributed by atoms with Gasteiger partial charge in [0, 0.05) is 7.05 Å². The van der Waals surface area contributed by atoms with Crippen molar-refractivity contribution >= 4 is 17.8 Å². The van der Waals surface area contributed by atoms with Crippen LogP contribution in [0.3, 0.4) is 0 Å². The molecule has 18 heavy (non-hydrogen) atoms. The summed E-state index contributed by atoms with van der Waals surface area (Å²) in [5.74, 6) is 1.21. The maximum atomic E-state index is 6.21. The van der Waals surface area contributed by atoms with Crippen LogP contribution < -0.4 is 14.9 Å². The summed E-state index contributed by atoms with van der Waals surface area (Å²) in [5, 5.41) is 4.47. The summed E-state index contributed by atoms with van der Waals surface area (Å²) in [7, 11) is 1.73. The summed E-state index contributed by atoms with van der Waals surface area (Å²) in [5.41, 5.74) is 3.54. The van der Waals surface area contributed by atoms with E-state index in [4.69, 9.17) is 21.1 Å². The standard InChI is InChI=1S/C13H19ClN2O2/c1-5-17-12-7-10(8-16-15-4)6-11(14)13(12)18-9(2)3/h6-9,15H,5H2,1-4H3/b16-8+. The third-order valence-electron chi connectivity index (χ3n) is 2.03. The summed E-state index contributed by atoms with van der Waals surface area (Å²) < 4.78 is 11.2. The predicted octanol–water partition coefficient (Wildman–Crippen LogP) is 3.08. The molecular weight excluding hydrogens is 252 g/mol. The Kier molecular flexibility index (Phi) is 5.78. The molecule has 0 spiro atoms. The van der Waals surface area contributed by atoms with Gasteiger partial charge >= 0.3 is 0 Å². The van der Waals surface area contributed by atoms with E-state index in [-0.39, 0.29) is 6.10 Å². The molecular formula is C13H19ClN2O2. The Bertz CT molecular complexity index is 420. The molecule has 5 heteroatoms. The molecule has 100 valence electrons. The van der Waals surface area contributed by atoms with Crippen LogP contribution in [-0.4, -0.2) is 26.0 Å². The molecule has 1 N–H and O–H groups in total. The SMILES string of the molecule is CCOc1cc(/C=N/NC)cc(Cl)c1OC(C)C. The van der Waals surface area contributed by atoms with Crippen molar-refractivity contribution in [1.29, 1.82) is 0 Å². The molecule has 0 saturated carbocycles. The number of hydrogen-bond acceptors (Lipinski definition) is 4. The van der Waals surface area contributed by atoms with E-state index in [1.807, 2.05) is 26.8 Å². The minimum atomic E-state index is 0.0403. The van der Waals surface area contributed by atoms with Gasteiger partial charge in [-0.05, 0) is 38.5 Å². The lowest BCUT2D eigenvalue weighted by molar-refractivity contribution is 0.224. The van der Waals surface area contributed by atoms with Gasteiger partial charge in [0.25, 0.3) is 0 Å². The van der Waals surface area contributed by atoms with E-state index in [1.165, 1.54) is 0 Å². The first-order valence-electron chi connectivity index (χ1n) is 5.91. The van der Waals surface area contributed by atoms with E-state index in [0.717, 1.165) is 5.56 Å². The Morgan fingerprint density at radius 2 is 2.17 bits per heavy atom. The summed E-state index contributed by atoms with van der Waals surface area (Å²) in [4.78, 5) is 0. The highest BCUT2D eigenvalue weighted by molar-refractivity contribution is 6.32. The van der Waals surface area contributed by atoms with Crippen LogP contribution in [0.4, 0.5) is 0 Å². The van der Waals surface area contributed by atoms with Crippen molar-refractivity contribution in [3.63, 3.8) is 0 Å². The second kappa shape index (κ2) is 7.11. The fourth-order valence-corrected chi connectivity index (χ4v) is 1.68. The van der Waals surface area contributed by atoms with Crippen molar-refractivity contribution in [3.05, 3.63) is 22.7 Å². The quantitative estimate of drug-likeness (QED) is 0.638. The molecule has 0 bridgehead atoms. The smallest absolute Gasteiger partial charge is 0.180 e. The molecule has 1 rings (SSSR count). The number of rotatable bonds is 6. The molecule has 0 aliphatic rings. The number of nitrogens with one attached hydrogen (secondary N) is 1. The van der Waals surface area contributed by atoms with Crippen LogP contribution in [0.1, 0.15) is 26.3 Å². The van der Waals surface area contributed by atoms with Gasteiger partial charge in [-0.2, -0.15) is 5.10 Å². The first-order valence-corrected chi connectivity index (χ1v) is 6.29. The Morgan fingerprint density at radius 3 is 2.72 bits per heavy atom. The Balaban J connectivity index is 3.13. The van der Waals surface area contributed by atoms with Gasteiger partial charge in [0.15, 0.2) is 11.5 Å². The van der Waals surface area contributed by atoms with E-state index >= 15 is 0 Å².